The Labute approximate surface area is 287 Å². The standard InChI is InChI=1S/C29H14Br4ClN3O7/c30-23-21-22(24(31)26(33)25(23)32)29(41)36(28(21)40)35(27(39)15-1-5-16(34)6-2-15)13-20(38)14-3-9-18(10-4-14)44-19-11-7-17(8-12-19)37(42)43/h1-12H,13H2. The van der Waals surface area contributed by atoms with Gasteiger partial charge in [-0.1, -0.05) is 11.6 Å². The maximum atomic E-state index is 13.8. The van der Waals surface area contributed by atoms with Crippen LogP contribution in [0.3, 0.4) is 0 Å². The summed E-state index contributed by atoms with van der Waals surface area (Å²) in [4.78, 5) is 65.0. The lowest BCUT2D eigenvalue weighted by molar-refractivity contribution is -0.384. The van der Waals surface area contributed by atoms with Gasteiger partial charge >= 0.3 is 0 Å². The van der Waals surface area contributed by atoms with Crippen LogP contribution in [0.15, 0.2) is 90.7 Å². The first kappa shape index (κ1) is 32.0. The minimum Gasteiger partial charge on any atom is -0.457 e. The number of ketones is 1. The van der Waals surface area contributed by atoms with Crippen LogP contribution in [-0.4, -0.2) is 45.0 Å². The SMILES string of the molecule is O=C(CN(C(=O)c1ccc(Cl)cc1)N1C(=O)c2c(Br)c(Br)c(Br)c(Br)c2C1=O)c1ccc(Oc2ccc([N+](=O)[O-])cc2)cc1. The van der Waals surface area contributed by atoms with Gasteiger partial charge in [0.25, 0.3) is 23.4 Å². The molecule has 0 spiro atoms. The van der Waals surface area contributed by atoms with E-state index in [1.165, 1.54) is 72.8 Å². The molecule has 10 nitrogen and oxygen atoms in total. The van der Waals surface area contributed by atoms with Crippen LogP contribution in [0, 0.1) is 10.1 Å². The molecule has 0 fully saturated rings. The number of fused-ring (bicyclic) bond motifs is 1. The third kappa shape index (κ3) is 6.09. The van der Waals surface area contributed by atoms with Gasteiger partial charge in [-0.2, -0.15) is 5.01 Å². The van der Waals surface area contributed by atoms with Gasteiger partial charge in [-0.25, -0.2) is 5.01 Å². The molecule has 0 N–H and O–H groups in total. The minimum atomic E-state index is -0.812. The number of hydrogen-bond donors (Lipinski definition) is 0. The second kappa shape index (κ2) is 12.9. The van der Waals surface area contributed by atoms with E-state index in [9.17, 15) is 29.3 Å². The number of Topliss-reactive ketones (excluding diaryl/α,β-unsaturated/α-hetero) is 1. The molecule has 0 saturated heterocycles. The zero-order valence-corrected chi connectivity index (χ0v) is 28.8. The van der Waals surface area contributed by atoms with Crippen LogP contribution in [-0.2, 0) is 0 Å². The lowest BCUT2D eigenvalue weighted by Gasteiger charge is -2.29. The van der Waals surface area contributed by atoms with E-state index >= 15 is 0 Å². The van der Waals surface area contributed by atoms with Crippen LogP contribution in [0.4, 0.5) is 5.69 Å². The molecular weight excluding hydrogens is 857 g/mol. The van der Waals surface area contributed by atoms with Gasteiger partial charge in [-0.3, -0.25) is 29.3 Å². The molecule has 222 valence electrons. The molecule has 0 saturated carbocycles. The maximum absolute atomic E-state index is 13.8. The number of imide groups is 1. The molecule has 1 aliphatic rings. The second-order valence-corrected chi connectivity index (χ2v) is 12.7. The Morgan fingerprint density at radius 1 is 0.750 bits per heavy atom. The maximum Gasteiger partial charge on any atom is 0.282 e. The van der Waals surface area contributed by atoms with Crippen LogP contribution in [0.5, 0.6) is 11.5 Å². The van der Waals surface area contributed by atoms with Gasteiger partial charge in [0.1, 0.15) is 18.0 Å². The minimum absolute atomic E-state index is 0.00560. The molecule has 44 heavy (non-hydrogen) atoms. The lowest BCUT2D eigenvalue weighted by Crippen LogP contribution is -2.51. The van der Waals surface area contributed by atoms with E-state index in [1.54, 1.807) is 0 Å². The molecule has 0 aliphatic carbocycles. The monoisotopic (exact) mass is 867 g/mol. The van der Waals surface area contributed by atoms with Gasteiger partial charge in [0, 0.05) is 46.2 Å². The quantitative estimate of drug-likeness (QED) is 0.0434. The first-order valence-corrected chi connectivity index (χ1v) is 15.8. The smallest absolute Gasteiger partial charge is 0.282 e. The third-order valence-corrected chi connectivity index (χ3v) is 11.4. The zero-order valence-electron chi connectivity index (χ0n) is 21.7. The van der Waals surface area contributed by atoms with Gasteiger partial charge in [-0.05, 0) is 124 Å². The summed E-state index contributed by atoms with van der Waals surface area (Å²) >= 11 is 19.4. The fourth-order valence-corrected chi connectivity index (χ4v) is 6.82. The number of carbonyl (C=O) groups is 4. The van der Waals surface area contributed by atoms with Gasteiger partial charge in [0.15, 0.2) is 5.78 Å². The number of nitro groups is 1. The van der Waals surface area contributed by atoms with E-state index in [0.717, 1.165) is 5.01 Å². The molecule has 1 aliphatic heterocycles. The number of nitrogens with zero attached hydrogens (tertiary/aromatic N) is 3. The molecule has 0 radical (unpaired) electrons. The number of hydrogen-bond acceptors (Lipinski definition) is 7. The summed E-state index contributed by atoms with van der Waals surface area (Å²) in [5.74, 6) is -2.30. The molecule has 4 aromatic rings. The summed E-state index contributed by atoms with van der Waals surface area (Å²) in [5.41, 5.74) is 0.177. The topological polar surface area (TPSA) is 127 Å². The van der Waals surface area contributed by atoms with Crippen LogP contribution in [0.2, 0.25) is 5.02 Å². The Balaban J connectivity index is 1.45. The van der Waals surface area contributed by atoms with Crippen molar-refractivity contribution in [2.45, 2.75) is 0 Å². The van der Waals surface area contributed by atoms with Crippen LogP contribution < -0.4 is 4.74 Å². The van der Waals surface area contributed by atoms with E-state index in [-0.39, 0.29) is 36.9 Å². The third-order valence-electron chi connectivity index (χ3n) is 6.40. The molecule has 0 atom stereocenters. The summed E-state index contributed by atoms with van der Waals surface area (Å²) in [6, 6.07) is 17.2. The van der Waals surface area contributed by atoms with Crippen molar-refractivity contribution >= 4 is 105 Å². The number of benzene rings is 4. The summed E-state index contributed by atoms with van der Waals surface area (Å²) in [5, 5.41) is 12.7. The fraction of sp³-hybridized carbons (Fsp3) is 0.0345. The van der Waals surface area contributed by atoms with E-state index in [1.807, 2.05) is 0 Å². The van der Waals surface area contributed by atoms with E-state index in [4.69, 9.17) is 16.3 Å². The number of non-ortho nitro benzene ring substituents is 1. The van der Waals surface area contributed by atoms with Crippen molar-refractivity contribution in [3.63, 3.8) is 0 Å². The van der Waals surface area contributed by atoms with Crippen molar-refractivity contribution in [3.8, 4) is 11.5 Å². The molecule has 0 bridgehead atoms. The van der Waals surface area contributed by atoms with Crippen molar-refractivity contribution in [3.05, 3.63) is 128 Å². The normalized spacial score (nSPS) is 12.2. The summed E-state index contributed by atoms with van der Waals surface area (Å²) in [7, 11) is 0. The van der Waals surface area contributed by atoms with Crippen molar-refractivity contribution < 1.29 is 28.8 Å². The van der Waals surface area contributed by atoms with Gasteiger partial charge < -0.3 is 4.74 Å². The highest BCUT2D eigenvalue weighted by atomic mass is 79.9. The van der Waals surface area contributed by atoms with Crippen LogP contribution in [0.25, 0.3) is 0 Å². The number of hydrazine groups is 1. The molecule has 0 unspecified atom stereocenters. The Morgan fingerprint density at radius 3 is 1.68 bits per heavy atom. The van der Waals surface area contributed by atoms with Gasteiger partial charge in [-0.15, -0.1) is 0 Å². The molecule has 4 aromatic carbocycles. The summed E-state index contributed by atoms with van der Waals surface area (Å²) in [6.07, 6.45) is 0. The van der Waals surface area contributed by atoms with Crippen molar-refractivity contribution in [2.24, 2.45) is 0 Å². The Bertz CT molecular complexity index is 1820. The molecule has 1 heterocycles. The largest absolute Gasteiger partial charge is 0.457 e. The van der Waals surface area contributed by atoms with Gasteiger partial charge in [0.2, 0.25) is 0 Å². The average molecular weight is 872 g/mol. The fourth-order valence-electron chi connectivity index (χ4n) is 4.24. The highest BCUT2D eigenvalue weighted by molar-refractivity contribution is 9.15. The Morgan fingerprint density at radius 2 is 1.20 bits per heavy atom. The lowest BCUT2D eigenvalue weighted by atomic mass is 10.1. The Kier molecular flexibility index (Phi) is 9.37. The van der Waals surface area contributed by atoms with E-state index < -0.39 is 35.0 Å². The first-order valence-electron chi connectivity index (χ1n) is 12.3. The molecule has 5 rings (SSSR count). The predicted octanol–water partition coefficient (Wildman–Crippen LogP) is 8.63. The van der Waals surface area contributed by atoms with Gasteiger partial charge in [0.05, 0.1) is 16.1 Å². The van der Waals surface area contributed by atoms with Crippen LogP contribution >= 0.6 is 75.3 Å². The molecule has 15 heteroatoms. The Hall–Kier alpha value is -3.43. The molecule has 0 aromatic heterocycles. The average Bonchev–Trinajstić information content (AvgIpc) is 3.27. The molecular formula is C29H14Br4ClN3O7. The number of carbonyl (C=O) groups excluding carboxylic acids is 4. The van der Waals surface area contributed by atoms with E-state index in [2.05, 4.69) is 63.7 Å². The number of nitro benzene ring substituents is 1. The summed E-state index contributed by atoms with van der Waals surface area (Å²) < 4.78 is 7.21. The molecule has 3 amide bonds. The predicted molar refractivity (Wildman–Crippen MR) is 174 cm³/mol. The zero-order chi connectivity index (χ0) is 31.9. The van der Waals surface area contributed by atoms with Crippen molar-refractivity contribution in [1.29, 1.82) is 0 Å². The number of amides is 3. The summed E-state index contributed by atoms with van der Waals surface area (Å²) in [6.45, 7) is -0.660. The van der Waals surface area contributed by atoms with Crippen molar-refractivity contribution in [2.75, 3.05) is 6.54 Å². The van der Waals surface area contributed by atoms with Crippen molar-refractivity contribution in [1.82, 2.24) is 10.0 Å². The highest BCUT2D eigenvalue weighted by Crippen LogP contribution is 2.45. The number of rotatable bonds is 8. The van der Waals surface area contributed by atoms with Crippen LogP contribution in [0.1, 0.15) is 41.4 Å². The number of ether oxygens (including phenoxy) is 1. The number of halogens is 5. The highest BCUT2D eigenvalue weighted by Gasteiger charge is 2.46. The first-order chi connectivity index (χ1) is 20.9. The second-order valence-electron chi connectivity index (χ2n) is 9.10. The van der Waals surface area contributed by atoms with E-state index in [0.29, 0.717) is 30.5 Å².